The van der Waals surface area contributed by atoms with Crippen molar-refractivity contribution in [2.75, 3.05) is 13.1 Å². The number of amides is 2. The zero-order valence-electron chi connectivity index (χ0n) is 17.2. The van der Waals surface area contributed by atoms with Crippen LogP contribution in [-0.4, -0.2) is 56.8 Å². The van der Waals surface area contributed by atoms with Crippen molar-refractivity contribution >= 4 is 11.8 Å². The second-order valence-corrected chi connectivity index (χ2v) is 8.25. The third kappa shape index (κ3) is 4.19. The van der Waals surface area contributed by atoms with Gasteiger partial charge in [0, 0.05) is 30.3 Å². The first-order valence-corrected chi connectivity index (χ1v) is 10.3. The molecule has 0 spiro atoms. The van der Waals surface area contributed by atoms with Crippen molar-refractivity contribution in [3.63, 3.8) is 0 Å². The minimum atomic E-state index is -0.218. The van der Waals surface area contributed by atoms with Crippen LogP contribution in [0.15, 0.2) is 10.6 Å². The molecule has 0 bridgehead atoms. The number of hydrogen-bond acceptors (Lipinski definition) is 6. The summed E-state index contributed by atoms with van der Waals surface area (Å²) in [6.45, 7) is 9.00. The SMILES string of the molecule is Cc1onc(C(=O)N[C@H]2Cc3cc(C(=O)NC(C)C)nn3C2)c1CN1CCCC1. The van der Waals surface area contributed by atoms with Crippen LogP contribution in [0, 0.1) is 6.92 Å². The molecule has 156 valence electrons. The molecule has 1 fully saturated rings. The normalized spacial score (nSPS) is 19.0. The maximum Gasteiger partial charge on any atom is 0.274 e. The first-order chi connectivity index (χ1) is 13.9. The Morgan fingerprint density at radius 2 is 2.03 bits per heavy atom. The third-order valence-electron chi connectivity index (χ3n) is 5.48. The van der Waals surface area contributed by atoms with Crippen molar-refractivity contribution < 1.29 is 14.1 Å². The minimum Gasteiger partial charge on any atom is -0.361 e. The van der Waals surface area contributed by atoms with Gasteiger partial charge in [-0.05, 0) is 52.8 Å². The maximum absolute atomic E-state index is 12.8. The smallest absolute Gasteiger partial charge is 0.274 e. The number of carbonyl (C=O) groups is 2. The van der Waals surface area contributed by atoms with E-state index in [4.69, 9.17) is 4.52 Å². The van der Waals surface area contributed by atoms with Gasteiger partial charge in [0.1, 0.15) is 11.5 Å². The van der Waals surface area contributed by atoms with Gasteiger partial charge >= 0.3 is 0 Å². The van der Waals surface area contributed by atoms with Crippen molar-refractivity contribution in [1.82, 2.24) is 30.5 Å². The second kappa shape index (κ2) is 7.98. The van der Waals surface area contributed by atoms with Crippen molar-refractivity contribution in [1.29, 1.82) is 0 Å². The van der Waals surface area contributed by atoms with Gasteiger partial charge in [0.15, 0.2) is 5.69 Å². The van der Waals surface area contributed by atoms with Crippen molar-refractivity contribution in [2.45, 2.75) is 65.2 Å². The number of nitrogens with one attached hydrogen (secondary N) is 2. The summed E-state index contributed by atoms with van der Waals surface area (Å²) < 4.78 is 7.10. The van der Waals surface area contributed by atoms with Gasteiger partial charge in [0.2, 0.25) is 0 Å². The molecule has 29 heavy (non-hydrogen) atoms. The first-order valence-electron chi connectivity index (χ1n) is 10.3. The summed E-state index contributed by atoms with van der Waals surface area (Å²) in [5.41, 5.74) is 2.60. The Morgan fingerprint density at radius 3 is 2.72 bits per heavy atom. The topological polar surface area (TPSA) is 105 Å². The molecule has 2 aromatic rings. The molecule has 2 amide bonds. The van der Waals surface area contributed by atoms with Gasteiger partial charge in [0.05, 0.1) is 12.6 Å². The monoisotopic (exact) mass is 400 g/mol. The van der Waals surface area contributed by atoms with Crippen LogP contribution in [0.3, 0.4) is 0 Å². The largest absolute Gasteiger partial charge is 0.361 e. The van der Waals surface area contributed by atoms with E-state index >= 15 is 0 Å². The number of hydrogen-bond donors (Lipinski definition) is 2. The number of rotatable bonds is 6. The highest BCUT2D eigenvalue weighted by Crippen LogP contribution is 2.21. The summed E-state index contributed by atoms with van der Waals surface area (Å²) in [6, 6.07) is 1.78. The Kier molecular flexibility index (Phi) is 5.40. The highest BCUT2D eigenvalue weighted by molar-refractivity contribution is 5.94. The predicted octanol–water partition coefficient (Wildman–Crippen LogP) is 1.27. The summed E-state index contributed by atoms with van der Waals surface area (Å²) in [5.74, 6) is 0.305. The molecule has 9 heteroatoms. The minimum absolute atomic E-state index is 0.0618. The highest BCUT2D eigenvalue weighted by Gasteiger charge is 2.29. The molecule has 0 radical (unpaired) electrons. The number of fused-ring (bicyclic) bond motifs is 1. The van der Waals surface area contributed by atoms with Gasteiger partial charge in [-0.2, -0.15) is 5.10 Å². The molecular weight excluding hydrogens is 372 g/mol. The molecule has 4 rings (SSSR count). The molecule has 2 N–H and O–H groups in total. The molecule has 0 unspecified atom stereocenters. The van der Waals surface area contributed by atoms with Crippen LogP contribution in [0.5, 0.6) is 0 Å². The summed E-state index contributed by atoms with van der Waals surface area (Å²) >= 11 is 0. The summed E-state index contributed by atoms with van der Waals surface area (Å²) in [4.78, 5) is 27.3. The quantitative estimate of drug-likeness (QED) is 0.757. The van der Waals surface area contributed by atoms with E-state index in [0.29, 0.717) is 36.7 Å². The molecular formula is C20H28N6O3. The van der Waals surface area contributed by atoms with E-state index < -0.39 is 0 Å². The van der Waals surface area contributed by atoms with E-state index in [1.807, 2.05) is 20.8 Å². The van der Waals surface area contributed by atoms with Crippen LogP contribution in [0.4, 0.5) is 0 Å². The Bertz CT molecular complexity index is 886. The molecule has 0 saturated carbocycles. The van der Waals surface area contributed by atoms with Crippen LogP contribution < -0.4 is 10.6 Å². The summed E-state index contributed by atoms with van der Waals surface area (Å²) in [5, 5.41) is 14.3. The molecule has 2 aromatic heterocycles. The third-order valence-corrected chi connectivity index (χ3v) is 5.48. The molecule has 9 nitrogen and oxygen atoms in total. The number of aromatic nitrogens is 3. The predicted molar refractivity (Wildman–Crippen MR) is 106 cm³/mol. The van der Waals surface area contributed by atoms with Crippen LogP contribution in [0.1, 0.15) is 64.7 Å². The fraction of sp³-hybridized carbons (Fsp3) is 0.600. The van der Waals surface area contributed by atoms with Crippen molar-refractivity contribution in [3.8, 4) is 0 Å². The lowest BCUT2D eigenvalue weighted by atomic mass is 10.1. The summed E-state index contributed by atoms with van der Waals surface area (Å²) in [7, 11) is 0. The van der Waals surface area contributed by atoms with Crippen molar-refractivity contribution in [3.05, 3.63) is 34.5 Å². The lowest BCUT2D eigenvalue weighted by molar-refractivity contribution is 0.0917. The Hall–Kier alpha value is -2.68. The van der Waals surface area contributed by atoms with Crippen molar-refractivity contribution in [2.24, 2.45) is 0 Å². The molecule has 2 aliphatic rings. The van der Waals surface area contributed by atoms with Crippen LogP contribution >= 0.6 is 0 Å². The van der Waals surface area contributed by atoms with Gasteiger partial charge < -0.3 is 15.2 Å². The van der Waals surface area contributed by atoms with Gasteiger partial charge in [0.25, 0.3) is 11.8 Å². The average molecular weight is 400 g/mol. The molecule has 1 saturated heterocycles. The first kappa shape index (κ1) is 19.6. The van der Waals surface area contributed by atoms with Gasteiger partial charge in [-0.3, -0.25) is 19.2 Å². The number of nitrogens with zero attached hydrogens (tertiary/aromatic N) is 4. The van der Waals surface area contributed by atoms with E-state index in [-0.39, 0.29) is 23.9 Å². The lowest BCUT2D eigenvalue weighted by Gasteiger charge is -2.15. The van der Waals surface area contributed by atoms with E-state index in [2.05, 4.69) is 25.8 Å². The van der Waals surface area contributed by atoms with E-state index in [1.165, 1.54) is 12.8 Å². The van der Waals surface area contributed by atoms with Gasteiger partial charge in [-0.15, -0.1) is 0 Å². The number of likely N-dealkylation sites (tertiary alicyclic amines) is 1. The van der Waals surface area contributed by atoms with Crippen LogP contribution in [0.25, 0.3) is 0 Å². The molecule has 2 aliphatic heterocycles. The van der Waals surface area contributed by atoms with Crippen LogP contribution in [0.2, 0.25) is 0 Å². The van der Waals surface area contributed by atoms with Gasteiger partial charge in [-0.25, -0.2) is 0 Å². The van der Waals surface area contributed by atoms with E-state index in [0.717, 1.165) is 24.3 Å². The lowest BCUT2D eigenvalue weighted by Crippen LogP contribution is -2.37. The number of aryl methyl sites for hydroxylation is 1. The maximum atomic E-state index is 12.8. The van der Waals surface area contributed by atoms with E-state index in [9.17, 15) is 9.59 Å². The fourth-order valence-electron chi connectivity index (χ4n) is 4.02. The van der Waals surface area contributed by atoms with Gasteiger partial charge in [-0.1, -0.05) is 5.16 Å². The molecule has 1 atom stereocenters. The Labute approximate surface area is 169 Å². The Balaban J connectivity index is 1.38. The zero-order chi connectivity index (χ0) is 20.5. The standard InChI is InChI=1S/C20H28N6O3/c1-12(2)21-19(27)17-9-15-8-14(10-26(15)23-17)22-20(28)18-16(13(3)29-24-18)11-25-6-4-5-7-25/h9,12,14H,4-8,10-11H2,1-3H3,(H,21,27)(H,22,28)/t14-/m0/s1. The molecule has 4 heterocycles. The average Bonchev–Trinajstić information content (AvgIpc) is 3.40. The fourth-order valence-corrected chi connectivity index (χ4v) is 4.02. The Morgan fingerprint density at radius 1 is 1.28 bits per heavy atom. The molecule has 0 aliphatic carbocycles. The van der Waals surface area contributed by atoms with E-state index in [1.54, 1.807) is 10.7 Å². The molecule has 0 aromatic carbocycles. The van der Waals surface area contributed by atoms with Crippen LogP contribution in [-0.2, 0) is 19.5 Å². The second-order valence-electron chi connectivity index (χ2n) is 8.25. The number of carbonyl (C=O) groups excluding carboxylic acids is 2. The highest BCUT2D eigenvalue weighted by atomic mass is 16.5. The summed E-state index contributed by atoms with van der Waals surface area (Å²) in [6.07, 6.45) is 3.01. The zero-order valence-corrected chi connectivity index (χ0v) is 17.2.